The zero-order valence-electron chi connectivity index (χ0n) is 21.2. The second kappa shape index (κ2) is 11.3. The number of para-hydroxylation sites is 1. The summed E-state index contributed by atoms with van der Waals surface area (Å²) in [5.41, 5.74) is 1.18. The van der Waals surface area contributed by atoms with Gasteiger partial charge in [0.15, 0.2) is 6.10 Å². The number of nitrogens with zero attached hydrogens (tertiary/aromatic N) is 2. The molecule has 0 fully saturated rings. The van der Waals surface area contributed by atoms with E-state index < -0.39 is 33.6 Å². The number of aromatic nitrogens is 2. The van der Waals surface area contributed by atoms with Crippen LogP contribution in [0.25, 0.3) is 5.69 Å². The zero-order chi connectivity index (χ0) is 28.3. The first kappa shape index (κ1) is 27.9. The summed E-state index contributed by atoms with van der Waals surface area (Å²) in [7, 11) is -2.12. The van der Waals surface area contributed by atoms with Gasteiger partial charge in [-0.3, -0.25) is 19.0 Å². The van der Waals surface area contributed by atoms with Crippen LogP contribution in [-0.4, -0.2) is 35.8 Å². The Morgan fingerprint density at radius 3 is 2.18 bits per heavy atom. The molecule has 0 radical (unpaired) electrons. The van der Waals surface area contributed by atoms with E-state index in [4.69, 9.17) is 4.74 Å². The van der Waals surface area contributed by atoms with Gasteiger partial charge >= 0.3 is 5.97 Å². The molecule has 1 amide bonds. The van der Waals surface area contributed by atoms with Crippen molar-refractivity contribution in [2.45, 2.75) is 24.8 Å². The molecule has 12 heteroatoms. The molecule has 3 aromatic carbocycles. The summed E-state index contributed by atoms with van der Waals surface area (Å²) in [4.78, 5) is 38.5. The predicted molar refractivity (Wildman–Crippen MR) is 151 cm³/mol. The number of hydrogen-bond acceptors (Lipinski definition) is 6. The van der Waals surface area contributed by atoms with E-state index in [0.29, 0.717) is 11.4 Å². The minimum absolute atomic E-state index is 0.0802. The molecule has 0 aliphatic heterocycles. The highest BCUT2D eigenvalue weighted by atomic mass is 79.9. The maximum absolute atomic E-state index is 13.0. The topological polar surface area (TPSA) is 128 Å². The van der Waals surface area contributed by atoms with Gasteiger partial charge in [0.05, 0.1) is 21.8 Å². The molecule has 1 heterocycles. The van der Waals surface area contributed by atoms with Gasteiger partial charge in [-0.25, -0.2) is 17.9 Å². The number of esters is 1. The molecule has 1 atom stereocenters. The fourth-order valence-electron chi connectivity index (χ4n) is 3.72. The Hall–Kier alpha value is -4.16. The SMILES string of the molecule is Cc1c(NC(=O)C(C)OC(=O)c2ccc(NS(=O)(=O)c3ccc(Br)cc3)cc2)c(=O)n(-c2ccccc2)n1C. The van der Waals surface area contributed by atoms with Crippen molar-refractivity contribution < 1.29 is 22.7 Å². The molecule has 4 aromatic rings. The van der Waals surface area contributed by atoms with Crippen molar-refractivity contribution in [2.24, 2.45) is 7.05 Å². The number of carbonyl (C=O) groups excluding carboxylic acids is 2. The average molecular weight is 613 g/mol. The lowest BCUT2D eigenvalue weighted by Crippen LogP contribution is -2.32. The third-order valence-electron chi connectivity index (χ3n) is 5.95. The Bertz CT molecular complexity index is 1680. The lowest BCUT2D eigenvalue weighted by atomic mass is 10.2. The Kier molecular flexibility index (Phi) is 8.07. The van der Waals surface area contributed by atoms with Crippen LogP contribution in [0.5, 0.6) is 0 Å². The molecule has 0 saturated carbocycles. The Morgan fingerprint density at radius 1 is 0.949 bits per heavy atom. The van der Waals surface area contributed by atoms with Gasteiger partial charge in [-0.15, -0.1) is 0 Å². The summed E-state index contributed by atoms with van der Waals surface area (Å²) in [6.07, 6.45) is -1.21. The van der Waals surface area contributed by atoms with E-state index >= 15 is 0 Å². The third kappa shape index (κ3) is 6.13. The molecule has 10 nitrogen and oxygen atoms in total. The van der Waals surface area contributed by atoms with Crippen LogP contribution in [-0.2, 0) is 26.6 Å². The van der Waals surface area contributed by atoms with Crippen molar-refractivity contribution in [3.05, 3.63) is 105 Å². The fourth-order valence-corrected chi connectivity index (χ4v) is 5.04. The number of amides is 1. The Balaban J connectivity index is 1.41. The molecule has 0 bridgehead atoms. The Morgan fingerprint density at radius 2 is 1.56 bits per heavy atom. The number of anilines is 2. The van der Waals surface area contributed by atoms with Crippen molar-refractivity contribution in [2.75, 3.05) is 10.0 Å². The van der Waals surface area contributed by atoms with Gasteiger partial charge in [-0.2, -0.15) is 0 Å². The van der Waals surface area contributed by atoms with Crippen LogP contribution >= 0.6 is 15.9 Å². The van der Waals surface area contributed by atoms with Crippen LogP contribution in [0.4, 0.5) is 11.4 Å². The van der Waals surface area contributed by atoms with Crippen molar-refractivity contribution in [1.82, 2.24) is 9.36 Å². The number of nitrogens with one attached hydrogen (secondary N) is 2. The normalized spacial score (nSPS) is 12.0. The smallest absolute Gasteiger partial charge is 0.338 e. The predicted octanol–water partition coefficient (Wildman–Crippen LogP) is 4.23. The van der Waals surface area contributed by atoms with Crippen LogP contribution < -0.4 is 15.6 Å². The van der Waals surface area contributed by atoms with Gasteiger partial charge in [-0.05, 0) is 74.5 Å². The third-order valence-corrected chi connectivity index (χ3v) is 7.88. The van der Waals surface area contributed by atoms with E-state index in [-0.39, 0.29) is 21.8 Å². The van der Waals surface area contributed by atoms with Gasteiger partial charge in [0.25, 0.3) is 21.5 Å². The second-order valence-corrected chi connectivity index (χ2v) is 11.2. The zero-order valence-corrected chi connectivity index (χ0v) is 23.6. The van der Waals surface area contributed by atoms with Gasteiger partial charge in [0.2, 0.25) is 0 Å². The highest BCUT2D eigenvalue weighted by Gasteiger charge is 2.24. The fraction of sp³-hybridized carbons (Fsp3) is 0.148. The van der Waals surface area contributed by atoms with Gasteiger partial charge in [-0.1, -0.05) is 34.1 Å². The van der Waals surface area contributed by atoms with Gasteiger partial charge in [0, 0.05) is 17.2 Å². The van der Waals surface area contributed by atoms with Crippen LogP contribution in [0.1, 0.15) is 23.0 Å². The molecule has 2 N–H and O–H groups in total. The first-order valence-electron chi connectivity index (χ1n) is 11.7. The van der Waals surface area contributed by atoms with Gasteiger partial charge in [0.1, 0.15) is 5.69 Å². The molecule has 1 aromatic heterocycles. The quantitative estimate of drug-likeness (QED) is 0.287. The van der Waals surface area contributed by atoms with Crippen molar-refractivity contribution in [1.29, 1.82) is 0 Å². The summed E-state index contributed by atoms with van der Waals surface area (Å²) in [5.74, 6) is -1.46. The van der Waals surface area contributed by atoms with E-state index in [1.807, 2.05) is 6.07 Å². The molecule has 4 rings (SSSR count). The molecular formula is C27H25BrN4O6S. The van der Waals surface area contributed by atoms with E-state index in [1.54, 1.807) is 55.1 Å². The van der Waals surface area contributed by atoms with E-state index in [1.165, 1.54) is 48.0 Å². The number of ether oxygens (including phenoxy) is 1. The number of benzene rings is 3. The van der Waals surface area contributed by atoms with Crippen molar-refractivity contribution >= 4 is 49.2 Å². The van der Waals surface area contributed by atoms with E-state index in [9.17, 15) is 22.8 Å². The number of halogens is 1. The standard InChI is InChI=1S/C27H25BrN4O6S/c1-17-24(26(34)32(31(17)3)22-7-5-4-6-8-22)29-25(33)18(2)38-27(35)19-9-13-21(14-10-19)30-39(36,37)23-15-11-20(28)12-16-23/h4-16,18,30H,1-3H3,(H,29,33). The summed E-state index contributed by atoms with van der Waals surface area (Å²) in [6, 6.07) is 20.7. The van der Waals surface area contributed by atoms with Crippen LogP contribution in [0.15, 0.2) is 93.0 Å². The maximum Gasteiger partial charge on any atom is 0.338 e. The highest BCUT2D eigenvalue weighted by molar-refractivity contribution is 9.10. The summed E-state index contributed by atoms with van der Waals surface area (Å²) < 4.78 is 36.6. The first-order chi connectivity index (χ1) is 18.5. The van der Waals surface area contributed by atoms with Crippen molar-refractivity contribution in [3.63, 3.8) is 0 Å². The average Bonchev–Trinajstić information content (AvgIpc) is 3.12. The minimum Gasteiger partial charge on any atom is -0.449 e. The van der Waals surface area contributed by atoms with Crippen molar-refractivity contribution in [3.8, 4) is 5.69 Å². The summed E-state index contributed by atoms with van der Waals surface area (Å²) >= 11 is 3.26. The molecule has 0 aliphatic rings. The Labute approximate surface area is 233 Å². The van der Waals surface area contributed by atoms with Crippen LogP contribution in [0.3, 0.4) is 0 Å². The van der Waals surface area contributed by atoms with Crippen LogP contribution in [0, 0.1) is 6.92 Å². The molecular weight excluding hydrogens is 588 g/mol. The second-order valence-electron chi connectivity index (χ2n) is 8.61. The molecule has 0 aliphatic carbocycles. The lowest BCUT2D eigenvalue weighted by Gasteiger charge is -2.13. The summed E-state index contributed by atoms with van der Waals surface area (Å²) in [5, 5.41) is 2.57. The molecule has 0 saturated heterocycles. The van der Waals surface area contributed by atoms with E-state index in [0.717, 1.165) is 4.47 Å². The lowest BCUT2D eigenvalue weighted by molar-refractivity contribution is -0.123. The molecule has 202 valence electrons. The van der Waals surface area contributed by atoms with Gasteiger partial charge < -0.3 is 10.1 Å². The van der Waals surface area contributed by atoms with Crippen LogP contribution in [0.2, 0.25) is 0 Å². The number of carbonyl (C=O) groups is 2. The summed E-state index contributed by atoms with van der Waals surface area (Å²) in [6.45, 7) is 3.08. The number of hydrogen-bond donors (Lipinski definition) is 2. The first-order valence-corrected chi connectivity index (χ1v) is 14.0. The van der Waals surface area contributed by atoms with E-state index in [2.05, 4.69) is 26.0 Å². The largest absolute Gasteiger partial charge is 0.449 e. The minimum atomic E-state index is -3.82. The monoisotopic (exact) mass is 612 g/mol. The highest BCUT2D eigenvalue weighted by Crippen LogP contribution is 2.20. The number of sulfonamides is 1. The molecule has 39 heavy (non-hydrogen) atoms. The number of rotatable bonds is 8. The molecule has 1 unspecified atom stereocenters. The maximum atomic E-state index is 13.0. The molecule has 0 spiro atoms.